The van der Waals surface area contributed by atoms with E-state index in [-0.39, 0.29) is 17.8 Å². The Labute approximate surface area is 215 Å². The Hall–Kier alpha value is -3.82. The molecular weight excluding hydrogens is 471 g/mol. The summed E-state index contributed by atoms with van der Waals surface area (Å²) in [5, 5.41) is 6.30. The second-order valence-corrected chi connectivity index (χ2v) is 9.54. The van der Waals surface area contributed by atoms with E-state index in [0.29, 0.717) is 35.8 Å². The highest BCUT2D eigenvalue weighted by Gasteiger charge is 2.28. The summed E-state index contributed by atoms with van der Waals surface area (Å²) in [6.45, 7) is 7.94. The van der Waals surface area contributed by atoms with Gasteiger partial charge in [-0.2, -0.15) is 0 Å². The van der Waals surface area contributed by atoms with Crippen molar-refractivity contribution in [3.8, 4) is 11.3 Å². The van der Waals surface area contributed by atoms with E-state index in [9.17, 15) is 9.18 Å². The van der Waals surface area contributed by atoms with Gasteiger partial charge in [0, 0.05) is 37.5 Å². The van der Waals surface area contributed by atoms with Crippen LogP contribution in [0.25, 0.3) is 16.9 Å². The number of hydrogen-bond donors (Lipinski definition) is 2. The molecule has 0 bridgehead atoms. The van der Waals surface area contributed by atoms with Gasteiger partial charge in [0.05, 0.1) is 35.0 Å². The number of benzene rings is 1. The molecule has 1 aromatic carbocycles. The van der Waals surface area contributed by atoms with Gasteiger partial charge in [-0.15, -0.1) is 0 Å². The topological polar surface area (TPSA) is 83.3 Å². The van der Waals surface area contributed by atoms with Crippen LogP contribution in [0.3, 0.4) is 0 Å². The normalized spacial score (nSPS) is 18.0. The van der Waals surface area contributed by atoms with E-state index in [1.54, 1.807) is 12.4 Å². The molecule has 5 rings (SSSR count). The van der Waals surface area contributed by atoms with Crippen LogP contribution in [-0.4, -0.2) is 59.3 Å². The molecule has 2 N–H and O–H groups in total. The lowest BCUT2D eigenvalue weighted by Gasteiger charge is -2.20. The molecule has 4 heterocycles. The van der Waals surface area contributed by atoms with Crippen molar-refractivity contribution in [3.63, 3.8) is 0 Å². The minimum absolute atomic E-state index is 0.0231. The Balaban J connectivity index is 1.50. The number of anilines is 1. The van der Waals surface area contributed by atoms with Crippen LogP contribution in [0.15, 0.2) is 65.7 Å². The summed E-state index contributed by atoms with van der Waals surface area (Å²) in [5.41, 5.74) is 5.98. The number of ether oxygens (including phenoxy) is 1. The van der Waals surface area contributed by atoms with Gasteiger partial charge in [0.15, 0.2) is 0 Å². The third-order valence-corrected chi connectivity index (χ3v) is 6.66. The monoisotopic (exact) mass is 502 g/mol. The van der Waals surface area contributed by atoms with Gasteiger partial charge in [-0.25, -0.2) is 14.4 Å². The van der Waals surface area contributed by atoms with Crippen LogP contribution < -0.4 is 10.6 Å². The van der Waals surface area contributed by atoms with Gasteiger partial charge in [-0.05, 0) is 63.2 Å². The number of aliphatic imine (C=N–C) groups is 1. The fourth-order valence-electron chi connectivity index (χ4n) is 4.84. The number of fused-ring (bicyclic) bond motifs is 2. The summed E-state index contributed by atoms with van der Waals surface area (Å²) in [4.78, 5) is 24.2. The molecule has 1 amide bonds. The minimum atomic E-state index is -0.346. The van der Waals surface area contributed by atoms with Gasteiger partial charge in [0.2, 0.25) is 0 Å². The second kappa shape index (κ2) is 10.3. The standard InChI is InChI=1S/C28H31FN6O2/c1-5-25(33-22(16-34(3)4)17(2)24-7-6-12-37-24)32-21-9-8-19(20-14-31-28(36)27(20)21)23-15-30-26-13-18(29)10-11-35(23)26/h5,8-11,13,15,24,32H,2,6-7,12,14,16H2,1,3-4H3,(H,31,36)/b25-5-,33-22?/t24-/m1/s1. The molecule has 0 saturated carbocycles. The van der Waals surface area contributed by atoms with Gasteiger partial charge in [-0.3, -0.25) is 9.20 Å². The first kappa shape index (κ1) is 24.9. The fourth-order valence-corrected chi connectivity index (χ4v) is 4.84. The third kappa shape index (κ3) is 4.92. The SMILES string of the molecule is C=C(C(CN(C)C)=N/C(=C\C)Nc1ccc(-c2cnc3cc(F)ccn23)c2c1C(=O)NC2)[C@H]1CCCO1. The second-order valence-electron chi connectivity index (χ2n) is 9.54. The maximum atomic E-state index is 13.7. The molecule has 37 heavy (non-hydrogen) atoms. The van der Waals surface area contributed by atoms with Crippen LogP contribution in [0, 0.1) is 5.82 Å². The molecular formula is C28H31FN6O2. The van der Waals surface area contributed by atoms with Crippen molar-refractivity contribution >= 4 is 23.0 Å². The number of rotatable bonds is 8. The van der Waals surface area contributed by atoms with Crippen LogP contribution >= 0.6 is 0 Å². The number of carbonyl (C=O) groups excluding carboxylic acids is 1. The summed E-state index contributed by atoms with van der Waals surface area (Å²) >= 11 is 0. The van der Waals surface area contributed by atoms with Gasteiger partial charge in [-0.1, -0.05) is 12.6 Å². The Morgan fingerprint density at radius 3 is 2.97 bits per heavy atom. The van der Waals surface area contributed by atoms with Crippen molar-refractivity contribution < 1.29 is 13.9 Å². The predicted molar refractivity (Wildman–Crippen MR) is 143 cm³/mol. The van der Waals surface area contributed by atoms with E-state index in [0.717, 1.165) is 47.6 Å². The number of aromatic nitrogens is 2. The van der Waals surface area contributed by atoms with E-state index in [2.05, 4.69) is 22.2 Å². The largest absolute Gasteiger partial charge is 0.373 e. The first-order valence-electron chi connectivity index (χ1n) is 12.4. The molecule has 1 fully saturated rings. The maximum Gasteiger partial charge on any atom is 0.254 e. The number of nitrogens with zero attached hydrogens (tertiary/aromatic N) is 4. The molecule has 0 radical (unpaired) electrons. The van der Waals surface area contributed by atoms with Crippen molar-refractivity contribution in [2.45, 2.75) is 32.4 Å². The average molecular weight is 503 g/mol. The van der Waals surface area contributed by atoms with Crippen molar-refractivity contribution in [1.82, 2.24) is 19.6 Å². The molecule has 3 aromatic rings. The number of allylic oxidation sites excluding steroid dienone is 1. The van der Waals surface area contributed by atoms with Crippen molar-refractivity contribution in [1.29, 1.82) is 0 Å². The molecule has 8 nitrogen and oxygen atoms in total. The molecule has 2 aliphatic rings. The highest BCUT2D eigenvalue weighted by molar-refractivity contribution is 6.06. The van der Waals surface area contributed by atoms with Crippen molar-refractivity contribution in [3.05, 3.63) is 77.7 Å². The molecule has 2 aromatic heterocycles. The van der Waals surface area contributed by atoms with Crippen molar-refractivity contribution in [2.75, 3.05) is 32.6 Å². The lowest BCUT2D eigenvalue weighted by molar-refractivity contribution is 0.0966. The zero-order chi connectivity index (χ0) is 26.1. The zero-order valence-corrected chi connectivity index (χ0v) is 21.3. The lowest BCUT2D eigenvalue weighted by Crippen LogP contribution is -2.28. The number of halogens is 1. The van der Waals surface area contributed by atoms with E-state index < -0.39 is 0 Å². The molecule has 1 atom stereocenters. The Kier molecular flexibility index (Phi) is 6.90. The van der Waals surface area contributed by atoms with E-state index in [1.165, 1.54) is 12.1 Å². The first-order chi connectivity index (χ1) is 17.9. The van der Waals surface area contributed by atoms with E-state index in [4.69, 9.17) is 9.73 Å². The van der Waals surface area contributed by atoms with E-state index >= 15 is 0 Å². The quantitative estimate of drug-likeness (QED) is 0.447. The maximum absolute atomic E-state index is 13.7. The summed E-state index contributed by atoms with van der Waals surface area (Å²) in [5.74, 6) is 0.119. The van der Waals surface area contributed by atoms with Gasteiger partial charge < -0.3 is 20.3 Å². The number of carbonyl (C=O) groups is 1. The van der Waals surface area contributed by atoms with Crippen LogP contribution in [0.5, 0.6) is 0 Å². The Morgan fingerprint density at radius 1 is 1.41 bits per heavy atom. The Bertz CT molecular complexity index is 1430. The van der Waals surface area contributed by atoms with Gasteiger partial charge >= 0.3 is 0 Å². The number of imidazole rings is 1. The molecule has 2 aliphatic heterocycles. The summed E-state index contributed by atoms with van der Waals surface area (Å²) in [6.07, 6.45) is 7.16. The van der Waals surface area contributed by atoms with E-state index in [1.807, 2.05) is 48.5 Å². The van der Waals surface area contributed by atoms with Crippen molar-refractivity contribution in [2.24, 2.45) is 4.99 Å². The van der Waals surface area contributed by atoms with Crippen LogP contribution in [-0.2, 0) is 11.3 Å². The highest BCUT2D eigenvalue weighted by atomic mass is 19.1. The van der Waals surface area contributed by atoms with Crippen LogP contribution in [0.2, 0.25) is 0 Å². The zero-order valence-electron chi connectivity index (χ0n) is 21.3. The molecule has 9 heteroatoms. The third-order valence-electron chi connectivity index (χ3n) is 6.66. The number of pyridine rings is 1. The molecule has 0 aliphatic carbocycles. The number of amides is 1. The molecule has 0 spiro atoms. The van der Waals surface area contributed by atoms with Crippen LogP contribution in [0.1, 0.15) is 35.7 Å². The summed E-state index contributed by atoms with van der Waals surface area (Å²) in [6, 6.07) is 6.61. The summed E-state index contributed by atoms with van der Waals surface area (Å²) < 4.78 is 21.3. The smallest absolute Gasteiger partial charge is 0.254 e. The van der Waals surface area contributed by atoms with Gasteiger partial charge in [0.25, 0.3) is 5.91 Å². The Morgan fingerprint density at radius 2 is 2.24 bits per heavy atom. The number of hydrogen-bond acceptors (Lipinski definition) is 6. The van der Waals surface area contributed by atoms with Gasteiger partial charge in [0.1, 0.15) is 17.3 Å². The van der Waals surface area contributed by atoms with Crippen LogP contribution in [0.4, 0.5) is 10.1 Å². The first-order valence-corrected chi connectivity index (χ1v) is 12.4. The molecule has 0 unspecified atom stereocenters. The summed E-state index contributed by atoms with van der Waals surface area (Å²) in [7, 11) is 3.98. The fraction of sp³-hybridized carbons (Fsp3) is 0.321. The highest BCUT2D eigenvalue weighted by Crippen LogP contribution is 2.35. The predicted octanol–water partition coefficient (Wildman–Crippen LogP) is 4.39. The average Bonchev–Trinajstić information content (AvgIpc) is 3.63. The minimum Gasteiger partial charge on any atom is -0.373 e. The molecule has 1 saturated heterocycles. The number of nitrogens with one attached hydrogen (secondary N) is 2. The molecule has 192 valence electrons. The lowest BCUT2D eigenvalue weighted by atomic mass is 9.99.